The van der Waals surface area contributed by atoms with Gasteiger partial charge in [-0.25, -0.2) is 9.97 Å². The van der Waals surface area contributed by atoms with Crippen LogP contribution in [0.25, 0.3) is 89.2 Å². The van der Waals surface area contributed by atoms with E-state index in [1.807, 2.05) is 30.3 Å². The summed E-state index contributed by atoms with van der Waals surface area (Å²) in [5, 5.41) is 2.22. The lowest BCUT2D eigenvalue weighted by molar-refractivity contribution is 0.669. The van der Waals surface area contributed by atoms with Crippen LogP contribution >= 0.6 is 0 Å². The highest BCUT2D eigenvalue weighted by Gasteiger charge is 2.46. The van der Waals surface area contributed by atoms with Crippen molar-refractivity contribution in [3.63, 3.8) is 0 Å². The van der Waals surface area contributed by atoms with Gasteiger partial charge in [0.05, 0.1) is 16.8 Å². The number of para-hydroxylation sites is 1. The molecule has 0 saturated heterocycles. The summed E-state index contributed by atoms with van der Waals surface area (Å²) >= 11 is 0. The molecule has 0 atom stereocenters. The number of benzene rings is 9. The quantitative estimate of drug-likeness (QED) is 0.161. The minimum Gasteiger partial charge on any atom is -0.456 e. The molecule has 0 N–H and O–H groups in total. The van der Waals surface area contributed by atoms with Gasteiger partial charge < -0.3 is 4.42 Å². The Morgan fingerprint density at radius 1 is 0.306 bits per heavy atom. The second-order valence-corrected chi connectivity index (χ2v) is 16.1. The molecule has 0 aliphatic heterocycles. The van der Waals surface area contributed by atoms with E-state index in [1.165, 1.54) is 33.4 Å². The fraction of sp³-hybridized carbons (Fsp3) is 0.0169. The predicted molar refractivity (Wildman–Crippen MR) is 254 cm³/mol. The van der Waals surface area contributed by atoms with Crippen molar-refractivity contribution >= 4 is 21.9 Å². The van der Waals surface area contributed by atoms with Crippen molar-refractivity contribution < 1.29 is 4.42 Å². The zero-order valence-electron chi connectivity index (χ0n) is 33.7. The van der Waals surface area contributed by atoms with Gasteiger partial charge in [0.2, 0.25) is 0 Å². The number of aromatic nitrogens is 2. The number of rotatable bonds is 7. The zero-order chi connectivity index (χ0) is 41.0. The molecule has 0 saturated carbocycles. The van der Waals surface area contributed by atoms with E-state index < -0.39 is 5.41 Å². The normalized spacial score (nSPS) is 12.6. The van der Waals surface area contributed by atoms with Crippen LogP contribution in [-0.4, -0.2) is 9.97 Å². The average Bonchev–Trinajstić information content (AvgIpc) is 3.88. The Balaban J connectivity index is 1.06. The second kappa shape index (κ2) is 14.5. The van der Waals surface area contributed by atoms with E-state index in [9.17, 15) is 0 Å². The van der Waals surface area contributed by atoms with Crippen LogP contribution < -0.4 is 0 Å². The smallest absolute Gasteiger partial charge is 0.160 e. The van der Waals surface area contributed by atoms with Crippen molar-refractivity contribution in [2.45, 2.75) is 5.41 Å². The van der Waals surface area contributed by atoms with E-state index in [-0.39, 0.29) is 0 Å². The topological polar surface area (TPSA) is 38.9 Å². The van der Waals surface area contributed by atoms with Crippen LogP contribution in [0.1, 0.15) is 22.3 Å². The van der Waals surface area contributed by atoms with Crippen LogP contribution in [-0.2, 0) is 5.41 Å². The van der Waals surface area contributed by atoms with Crippen LogP contribution in [0.4, 0.5) is 0 Å². The molecule has 2 heterocycles. The van der Waals surface area contributed by atoms with Gasteiger partial charge in [0.1, 0.15) is 11.2 Å². The molecule has 9 aromatic carbocycles. The highest BCUT2D eigenvalue weighted by atomic mass is 16.3. The number of furan rings is 1. The maximum atomic E-state index is 6.21. The van der Waals surface area contributed by atoms with E-state index in [2.05, 4.69) is 200 Å². The molecule has 0 amide bonds. The first-order valence-electron chi connectivity index (χ1n) is 21.1. The lowest BCUT2D eigenvalue weighted by Crippen LogP contribution is -2.28. The fourth-order valence-corrected chi connectivity index (χ4v) is 9.77. The Labute approximate surface area is 360 Å². The highest BCUT2D eigenvalue weighted by molar-refractivity contribution is 6.07. The van der Waals surface area contributed by atoms with Crippen LogP contribution in [0, 0.1) is 0 Å². The number of nitrogens with zero attached hydrogens (tertiary/aromatic N) is 2. The van der Waals surface area contributed by atoms with E-state index in [0.29, 0.717) is 5.82 Å². The molecule has 0 bridgehead atoms. The predicted octanol–water partition coefficient (Wildman–Crippen LogP) is 15.1. The molecule has 290 valence electrons. The van der Waals surface area contributed by atoms with Crippen molar-refractivity contribution in [1.82, 2.24) is 9.97 Å². The van der Waals surface area contributed by atoms with Crippen molar-refractivity contribution in [1.29, 1.82) is 0 Å². The summed E-state index contributed by atoms with van der Waals surface area (Å²) < 4.78 is 6.21. The van der Waals surface area contributed by atoms with Crippen LogP contribution in [0.2, 0.25) is 0 Å². The third-order valence-corrected chi connectivity index (χ3v) is 12.6. The molecule has 0 radical (unpaired) electrons. The molecule has 62 heavy (non-hydrogen) atoms. The van der Waals surface area contributed by atoms with Crippen molar-refractivity contribution in [3.8, 4) is 67.3 Å². The van der Waals surface area contributed by atoms with Gasteiger partial charge in [0, 0.05) is 27.5 Å². The van der Waals surface area contributed by atoms with Gasteiger partial charge >= 0.3 is 0 Å². The zero-order valence-corrected chi connectivity index (χ0v) is 33.7. The van der Waals surface area contributed by atoms with Gasteiger partial charge in [-0.1, -0.05) is 194 Å². The van der Waals surface area contributed by atoms with Gasteiger partial charge in [-0.05, 0) is 92.0 Å². The fourth-order valence-electron chi connectivity index (χ4n) is 9.77. The Morgan fingerprint density at radius 3 is 1.55 bits per heavy atom. The summed E-state index contributed by atoms with van der Waals surface area (Å²) in [6, 6.07) is 82.3. The monoisotopic (exact) mass is 790 g/mol. The molecule has 3 heteroatoms. The third kappa shape index (κ3) is 5.74. The van der Waals surface area contributed by atoms with Gasteiger partial charge in [0.25, 0.3) is 0 Å². The van der Waals surface area contributed by atoms with Crippen LogP contribution in [0.3, 0.4) is 0 Å². The van der Waals surface area contributed by atoms with E-state index >= 15 is 0 Å². The van der Waals surface area contributed by atoms with Crippen LogP contribution in [0.15, 0.2) is 235 Å². The Hall–Kier alpha value is -8.14. The molecule has 1 aliphatic rings. The molecule has 12 rings (SSSR count). The summed E-state index contributed by atoms with van der Waals surface area (Å²) in [5.41, 5.74) is 18.0. The highest BCUT2D eigenvalue weighted by Crippen LogP contribution is 2.56. The SMILES string of the molecule is c1ccc(-c2nc(-c3ccc(-c4ccc5oc6ccccc6c5c4)c(-c4ccccc4)c3)cc(-c3ccc4c(c3)C(c3ccccc3)(c3ccccc3)c3ccccc3-4)n2)cc1. The number of hydrogen-bond acceptors (Lipinski definition) is 3. The summed E-state index contributed by atoms with van der Waals surface area (Å²) in [6.45, 7) is 0. The molecule has 0 fully saturated rings. The number of hydrogen-bond donors (Lipinski definition) is 0. The Bertz CT molecular complexity index is 3410. The van der Waals surface area contributed by atoms with Crippen LogP contribution in [0.5, 0.6) is 0 Å². The van der Waals surface area contributed by atoms with E-state index in [0.717, 1.165) is 72.3 Å². The molecular formula is C59H38N2O. The maximum Gasteiger partial charge on any atom is 0.160 e. The standard InChI is InChI=1S/C59H38N2O/c1-5-17-39(18-6-1)50-36-42(29-32-46(50)41-31-34-57-51(35-41)49-26-14-16-28-56(49)62-57)54-38-55(61-58(60-54)40-19-7-2-8-20-40)43-30-33-48-47-25-13-15-27-52(47)59(53(48)37-43,44-21-9-3-10-22-44)45-23-11-4-12-24-45/h1-38H. The van der Waals surface area contributed by atoms with Gasteiger partial charge in [-0.3, -0.25) is 0 Å². The summed E-state index contributed by atoms with van der Waals surface area (Å²) in [7, 11) is 0. The molecule has 0 unspecified atom stereocenters. The summed E-state index contributed by atoms with van der Waals surface area (Å²) in [6.07, 6.45) is 0. The minimum atomic E-state index is -0.519. The molecule has 2 aromatic heterocycles. The largest absolute Gasteiger partial charge is 0.456 e. The third-order valence-electron chi connectivity index (χ3n) is 12.6. The molecular weight excluding hydrogens is 753 g/mol. The van der Waals surface area contributed by atoms with Gasteiger partial charge in [0.15, 0.2) is 5.82 Å². The Kier molecular flexibility index (Phi) is 8.39. The van der Waals surface area contributed by atoms with E-state index in [1.54, 1.807) is 0 Å². The van der Waals surface area contributed by atoms with Gasteiger partial charge in [-0.15, -0.1) is 0 Å². The van der Waals surface area contributed by atoms with Gasteiger partial charge in [-0.2, -0.15) is 0 Å². The van der Waals surface area contributed by atoms with Crippen molar-refractivity contribution in [3.05, 3.63) is 253 Å². The first kappa shape index (κ1) is 35.8. The molecule has 11 aromatic rings. The van der Waals surface area contributed by atoms with E-state index in [4.69, 9.17) is 14.4 Å². The minimum absolute atomic E-state index is 0.519. The average molecular weight is 791 g/mol. The van der Waals surface area contributed by atoms with Crippen molar-refractivity contribution in [2.24, 2.45) is 0 Å². The summed E-state index contributed by atoms with van der Waals surface area (Å²) in [4.78, 5) is 10.7. The molecule has 1 aliphatic carbocycles. The lowest BCUT2D eigenvalue weighted by atomic mass is 9.67. The first-order chi connectivity index (χ1) is 30.7. The number of fused-ring (bicyclic) bond motifs is 6. The lowest BCUT2D eigenvalue weighted by Gasteiger charge is -2.34. The maximum absolute atomic E-state index is 6.21. The second-order valence-electron chi connectivity index (χ2n) is 16.1. The Morgan fingerprint density at radius 2 is 0.839 bits per heavy atom. The first-order valence-corrected chi connectivity index (χ1v) is 21.1. The summed E-state index contributed by atoms with van der Waals surface area (Å²) in [5.74, 6) is 0.682. The molecule has 3 nitrogen and oxygen atoms in total. The van der Waals surface area contributed by atoms with Crippen molar-refractivity contribution in [2.75, 3.05) is 0 Å². The molecule has 0 spiro atoms.